The molecular formula is C11H10N2O4. The van der Waals surface area contributed by atoms with Gasteiger partial charge in [-0.2, -0.15) is 0 Å². The van der Waals surface area contributed by atoms with Gasteiger partial charge in [-0.1, -0.05) is 18.2 Å². The maximum absolute atomic E-state index is 11.8. The third-order valence-corrected chi connectivity index (χ3v) is 2.41. The van der Waals surface area contributed by atoms with Crippen molar-refractivity contribution in [2.75, 3.05) is 4.90 Å². The van der Waals surface area contributed by atoms with Crippen LogP contribution >= 0.6 is 0 Å². The first-order valence-electron chi connectivity index (χ1n) is 5.01. The molecule has 1 atom stereocenters. The van der Waals surface area contributed by atoms with Gasteiger partial charge in [0.05, 0.1) is 12.1 Å². The Balaban J connectivity index is 2.23. The van der Waals surface area contributed by atoms with Crippen LogP contribution in [0.4, 0.5) is 10.5 Å². The van der Waals surface area contributed by atoms with E-state index in [4.69, 9.17) is 5.11 Å². The van der Waals surface area contributed by atoms with Crippen LogP contribution in [0.15, 0.2) is 30.3 Å². The van der Waals surface area contributed by atoms with Crippen molar-refractivity contribution < 1.29 is 19.5 Å². The van der Waals surface area contributed by atoms with Crippen LogP contribution in [-0.4, -0.2) is 29.1 Å². The number of amides is 3. The predicted octanol–water partition coefficient (Wildman–Crippen LogP) is 0.586. The highest BCUT2D eigenvalue weighted by Crippen LogP contribution is 2.19. The van der Waals surface area contributed by atoms with E-state index in [1.54, 1.807) is 30.3 Å². The summed E-state index contributed by atoms with van der Waals surface area (Å²) in [5.74, 6) is -1.66. The van der Waals surface area contributed by atoms with Crippen molar-refractivity contribution in [1.29, 1.82) is 0 Å². The first kappa shape index (κ1) is 11.1. The lowest BCUT2D eigenvalue weighted by Gasteiger charge is -2.12. The zero-order valence-corrected chi connectivity index (χ0v) is 8.79. The van der Waals surface area contributed by atoms with Crippen molar-refractivity contribution in [2.45, 2.75) is 12.5 Å². The quantitative estimate of drug-likeness (QED) is 0.749. The number of carbonyl (C=O) groups is 3. The molecule has 1 aliphatic rings. The lowest BCUT2D eigenvalue weighted by atomic mass is 10.2. The number of hydrogen-bond donors (Lipinski definition) is 2. The molecule has 0 saturated carbocycles. The number of carbonyl (C=O) groups excluding carboxylic acids is 2. The molecule has 0 spiro atoms. The van der Waals surface area contributed by atoms with E-state index in [1.165, 1.54) is 0 Å². The second-order valence-electron chi connectivity index (χ2n) is 3.61. The van der Waals surface area contributed by atoms with Crippen LogP contribution in [-0.2, 0) is 9.59 Å². The van der Waals surface area contributed by atoms with Crippen LogP contribution in [0.3, 0.4) is 0 Å². The molecule has 6 heteroatoms. The monoisotopic (exact) mass is 234 g/mol. The number of urea groups is 1. The summed E-state index contributed by atoms with van der Waals surface area (Å²) in [5, 5.41) is 11.0. The van der Waals surface area contributed by atoms with E-state index in [0.717, 1.165) is 4.90 Å². The highest BCUT2D eigenvalue weighted by molar-refractivity contribution is 6.21. The molecule has 1 heterocycles. The highest BCUT2D eigenvalue weighted by Gasteiger charge is 2.39. The summed E-state index contributed by atoms with van der Waals surface area (Å²) in [4.78, 5) is 34.9. The molecule has 0 unspecified atom stereocenters. The Kier molecular flexibility index (Phi) is 2.78. The molecule has 0 aromatic heterocycles. The number of nitrogens with zero attached hydrogens (tertiary/aromatic N) is 1. The second-order valence-corrected chi connectivity index (χ2v) is 3.61. The molecule has 0 bridgehead atoms. The molecule has 17 heavy (non-hydrogen) atoms. The zero-order valence-electron chi connectivity index (χ0n) is 8.79. The van der Waals surface area contributed by atoms with Crippen molar-refractivity contribution in [3.8, 4) is 0 Å². The SMILES string of the molecule is O=C(O)C[C@H]1NC(=O)N(c2ccccc2)C1=O. The number of benzene rings is 1. The molecule has 1 aliphatic heterocycles. The topological polar surface area (TPSA) is 86.7 Å². The van der Waals surface area contributed by atoms with Crippen LogP contribution in [0.1, 0.15) is 6.42 Å². The van der Waals surface area contributed by atoms with Crippen molar-refractivity contribution >= 4 is 23.6 Å². The third kappa shape index (κ3) is 2.10. The Morgan fingerprint density at radius 1 is 1.29 bits per heavy atom. The average molecular weight is 234 g/mol. The van der Waals surface area contributed by atoms with Gasteiger partial charge < -0.3 is 10.4 Å². The summed E-state index contributed by atoms with van der Waals surface area (Å²) in [7, 11) is 0. The van der Waals surface area contributed by atoms with Crippen LogP contribution in [0.5, 0.6) is 0 Å². The van der Waals surface area contributed by atoms with Gasteiger partial charge in [0.15, 0.2) is 0 Å². The van der Waals surface area contributed by atoms with E-state index >= 15 is 0 Å². The van der Waals surface area contributed by atoms with Crippen molar-refractivity contribution in [3.63, 3.8) is 0 Å². The smallest absolute Gasteiger partial charge is 0.329 e. The van der Waals surface area contributed by atoms with Gasteiger partial charge in [0.2, 0.25) is 0 Å². The number of carboxylic acids is 1. The fourth-order valence-corrected chi connectivity index (χ4v) is 1.67. The Hall–Kier alpha value is -2.37. The number of anilines is 1. The molecule has 1 fully saturated rings. The molecule has 1 saturated heterocycles. The standard InChI is InChI=1S/C11H10N2O4/c14-9(15)6-8-10(16)13(11(17)12-8)7-4-2-1-3-5-7/h1-5,8H,6H2,(H,12,17)(H,14,15)/t8-/m1/s1. The third-order valence-electron chi connectivity index (χ3n) is 2.41. The van der Waals surface area contributed by atoms with E-state index in [-0.39, 0.29) is 0 Å². The lowest BCUT2D eigenvalue weighted by molar-refractivity contribution is -0.139. The average Bonchev–Trinajstić information content (AvgIpc) is 2.54. The van der Waals surface area contributed by atoms with Gasteiger partial charge in [-0.3, -0.25) is 9.59 Å². The molecule has 6 nitrogen and oxygen atoms in total. The Labute approximate surface area is 96.8 Å². The predicted molar refractivity (Wildman–Crippen MR) is 58.5 cm³/mol. The van der Waals surface area contributed by atoms with Crippen molar-refractivity contribution in [1.82, 2.24) is 5.32 Å². The largest absolute Gasteiger partial charge is 0.481 e. The number of para-hydroxylation sites is 1. The number of hydrogen-bond acceptors (Lipinski definition) is 3. The maximum Gasteiger partial charge on any atom is 0.329 e. The van der Waals surface area contributed by atoms with Gasteiger partial charge in [0, 0.05) is 0 Å². The molecule has 0 aliphatic carbocycles. The first-order chi connectivity index (χ1) is 8.09. The van der Waals surface area contributed by atoms with Crippen molar-refractivity contribution in [3.05, 3.63) is 30.3 Å². The summed E-state index contributed by atoms with van der Waals surface area (Å²) >= 11 is 0. The zero-order chi connectivity index (χ0) is 12.4. The summed E-state index contributed by atoms with van der Waals surface area (Å²) in [5.41, 5.74) is 0.433. The summed E-state index contributed by atoms with van der Waals surface area (Å²) in [6.45, 7) is 0. The number of imide groups is 1. The van der Waals surface area contributed by atoms with Gasteiger partial charge in [0.1, 0.15) is 6.04 Å². The minimum absolute atomic E-state index is 0.409. The highest BCUT2D eigenvalue weighted by atomic mass is 16.4. The van der Waals surface area contributed by atoms with Crippen molar-refractivity contribution in [2.24, 2.45) is 0 Å². The van der Waals surface area contributed by atoms with E-state index in [1.807, 2.05) is 0 Å². The van der Waals surface area contributed by atoms with Gasteiger partial charge in [-0.05, 0) is 12.1 Å². The summed E-state index contributed by atoms with van der Waals surface area (Å²) in [6, 6.07) is 6.80. The van der Waals surface area contributed by atoms with E-state index in [2.05, 4.69) is 5.32 Å². The molecule has 88 valence electrons. The Morgan fingerprint density at radius 2 is 1.94 bits per heavy atom. The van der Waals surface area contributed by atoms with Crippen LogP contribution < -0.4 is 10.2 Å². The lowest BCUT2D eigenvalue weighted by Crippen LogP contribution is -2.32. The summed E-state index contributed by atoms with van der Waals surface area (Å²) in [6.07, 6.45) is -0.409. The van der Waals surface area contributed by atoms with Crippen LogP contribution in [0, 0.1) is 0 Å². The minimum atomic E-state index is -1.13. The van der Waals surface area contributed by atoms with E-state index in [9.17, 15) is 14.4 Å². The molecule has 1 aromatic rings. The number of rotatable bonds is 3. The molecule has 1 aromatic carbocycles. The Bertz CT molecular complexity index is 472. The van der Waals surface area contributed by atoms with E-state index < -0.39 is 30.4 Å². The molecule has 2 N–H and O–H groups in total. The van der Waals surface area contributed by atoms with Gasteiger partial charge >= 0.3 is 12.0 Å². The fraction of sp³-hybridized carbons (Fsp3) is 0.182. The molecule has 2 rings (SSSR count). The molecule has 0 radical (unpaired) electrons. The molecule has 3 amide bonds. The van der Waals surface area contributed by atoms with Crippen LogP contribution in [0.2, 0.25) is 0 Å². The van der Waals surface area contributed by atoms with E-state index in [0.29, 0.717) is 5.69 Å². The minimum Gasteiger partial charge on any atom is -0.481 e. The molecular weight excluding hydrogens is 224 g/mol. The fourth-order valence-electron chi connectivity index (χ4n) is 1.67. The number of nitrogens with one attached hydrogen (secondary N) is 1. The Morgan fingerprint density at radius 3 is 2.53 bits per heavy atom. The maximum atomic E-state index is 11.8. The number of carboxylic acid groups (broad SMARTS) is 1. The summed E-state index contributed by atoms with van der Waals surface area (Å²) < 4.78 is 0. The normalized spacial score (nSPS) is 19.3. The van der Waals surface area contributed by atoms with Gasteiger partial charge in [0.25, 0.3) is 5.91 Å². The number of aliphatic carboxylic acids is 1. The van der Waals surface area contributed by atoms with Gasteiger partial charge in [-0.25, -0.2) is 9.69 Å². The second kappa shape index (κ2) is 4.25. The van der Waals surface area contributed by atoms with Crippen LogP contribution in [0.25, 0.3) is 0 Å². The van der Waals surface area contributed by atoms with Gasteiger partial charge in [-0.15, -0.1) is 0 Å². The first-order valence-corrected chi connectivity index (χ1v) is 5.01.